The van der Waals surface area contributed by atoms with E-state index in [1.807, 2.05) is 27.2 Å². The van der Waals surface area contributed by atoms with Crippen LogP contribution < -0.4 is 10.2 Å². The molecule has 3 heterocycles. The number of anilines is 1. The first-order chi connectivity index (χ1) is 14.1. The predicted molar refractivity (Wildman–Crippen MR) is 120 cm³/mol. The fraction of sp³-hybridized carbons (Fsp3) is 0.565. The Morgan fingerprint density at radius 3 is 2.86 bits per heavy atom. The van der Waals surface area contributed by atoms with E-state index >= 15 is 0 Å². The van der Waals surface area contributed by atoms with E-state index in [0.29, 0.717) is 5.41 Å². The summed E-state index contributed by atoms with van der Waals surface area (Å²) in [7, 11) is 5.95. The average Bonchev–Trinajstić information content (AvgIpc) is 2.74. The lowest BCUT2D eigenvalue weighted by Gasteiger charge is -2.45. The molecule has 1 atom stereocenters. The van der Waals surface area contributed by atoms with Crippen molar-refractivity contribution in [2.45, 2.75) is 32.2 Å². The molecule has 4 rings (SSSR count). The van der Waals surface area contributed by atoms with Gasteiger partial charge in [-0.15, -0.1) is 0 Å². The number of ether oxygens (including phenoxy) is 1. The van der Waals surface area contributed by atoms with Crippen LogP contribution in [0.1, 0.15) is 31.2 Å². The lowest BCUT2D eigenvalue weighted by molar-refractivity contribution is -0.0370. The molecule has 2 aliphatic heterocycles. The third-order valence-corrected chi connectivity index (χ3v) is 6.26. The van der Waals surface area contributed by atoms with Crippen molar-refractivity contribution in [2.24, 2.45) is 10.4 Å². The molecule has 1 aromatic heterocycles. The third kappa shape index (κ3) is 4.32. The van der Waals surface area contributed by atoms with Gasteiger partial charge in [0.1, 0.15) is 5.82 Å². The largest absolute Gasteiger partial charge is 0.381 e. The van der Waals surface area contributed by atoms with Crippen LogP contribution in [0.4, 0.5) is 5.82 Å². The maximum absolute atomic E-state index is 5.84. The number of nitrogens with one attached hydrogen (secondary N) is 1. The average molecular weight is 396 g/mol. The second kappa shape index (κ2) is 8.57. The number of fused-ring (bicyclic) bond motifs is 1. The number of pyridine rings is 1. The van der Waals surface area contributed by atoms with Crippen molar-refractivity contribution in [2.75, 3.05) is 52.3 Å². The van der Waals surface area contributed by atoms with E-state index in [9.17, 15) is 0 Å². The van der Waals surface area contributed by atoms with E-state index in [4.69, 9.17) is 9.72 Å². The maximum atomic E-state index is 5.84. The Hall–Kier alpha value is -2.34. The molecule has 0 saturated carbocycles. The number of benzene rings is 1. The van der Waals surface area contributed by atoms with E-state index in [1.54, 1.807) is 0 Å². The van der Waals surface area contributed by atoms with Gasteiger partial charge in [-0.2, -0.15) is 0 Å². The van der Waals surface area contributed by atoms with Gasteiger partial charge in [0, 0.05) is 58.2 Å². The molecule has 156 valence electrons. The summed E-state index contributed by atoms with van der Waals surface area (Å²) in [6, 6.07) is 10.5. The molecular weight excluding hydrogens is 362 g/mol. The highest BCUT2D eigenvalue weighted by molar-refractivity contribution is 5.85. The summed E-state index contributed by atoms with van der Waals surface area (Å²) in [4.78, 5) is 13.9. The second-order valence-corrected chi connectivity index (χ2v) is 8.63. The van der Waals surface area contributed by atoms with Crippen LogP contribution in [0.25, 0.3) is 10.9 Å². The summed E-state index contributed by atoms with van der Waals surface area (Å²) in [6.45, 7) is 4.63. The number of aliphatic imine (C=N–C) groups is 1. The summed E-state index contributed by atoms with van der Waals surface area (Å²) < 4.78 is 5.84. The number of rotatable bonds is 3. The molecule has 0 bridgehead atoms. The van der Waals surface area contributed by atoms with Crippen molar-refractivity contribution in [3.8, 4) is 0 Å². The highest BCUT2D eigenvalue weighted by Crippen LogP contribution is 2.37. The number of guanidine groups is 1. The van der Waals surface area contributed by atoms with Gasteiger partial charge in [-0.3, -0.25) is 4.99 Å². The molecular formula is C23H33N5O. The Balaban J connectivity index is 1.51. The molecule has 2 aliphatic rings. The zero-order valence-corrected chi connectivity index (χ0v) is 17.9. The summed E-state index contributed by atoms with van der Waals surface area (Å²) in [5.41, 5.74) is 2.57. The standard InChI is InChI=1S/C23H33N5O/c1-24-22(28-12-6-10-23(16-28)11-7-13-29-17-23)25-15-18-14-21(27(2)3)26-20-9-5-4-8-19(18)20/h4-5,8-9,14H,6-7,10-13,15-17H2,1-3H3,(H,24,25). The lowest BCUT2D eigenvalue weighted by atomic mass is 9.76. The van der Waals surface area contributed by atoms with Crippen molar-refractivity contribution >= 4 is 22.7 Å². The zero-order chi connectivity index (χ0) is 20.3. The molecule has 0 radical (unpaired) electrons. The van der Waals surface area contributed by atoms with Gasteiger partial charge in [0.2, 0.25) is 0 Å². The minimum Gasteiger partial charge on any atom is -0.381 e. The van der Waals surface area contributed by atoms with Crippen molar-refractivity contribution in [1.82, 2.24) is 15.2 Å². The summed E-state index contributed by atoms with van der Waals surface area (Å²) in [6.07, 6.45) is 4.91. The van der Waals surface area contributed by atoms with E-state index in [-0.39, 0.29) is 0 Å². The number of para-hydroxylation sites is 1. The van der Waals surface area contributed by atoms with Gasteiger partial charge in [-0.25, -0.2) is 4.98 Å². The minimum atomic E-state index is 0.301. The van der Waals surface area contributed by atoms with Crippen molar-refractivity contribution in [1.29, 1.82) is 0 Å². The van der Waals surface area contributed by atoms with Gasteiger partial charge < -0.3 is 19.9 Å². The van der Waals surface area contributed by atoms with Crippen LogP contribution in [0, 0.1) is 5.41 Å². The molecule has 2 aromatic rings. The number of piperidine rings is 1. The van der Waals surface area contributed by atoms with E-state index in [0.717, 1.165) is 50.1 Å². The molecule has 1 N–H and O–H groups in total. The highest BCUT2D eigenvalue weighted by Gasteiger charge is 2.38. The molecule has 2 saturated heterocycles. The van der Waals surface area contributed by atoms with Gasteiger partial charge in [0.15, 0.2) is 5.96 Å². The van der Waals surface area contributed by atoms with E-state index in [1.165, 1.54) is 36.6 Å². The fourth-order valence-electron chi connectivity index (χ4n) is 4.73. The van der Waals surface area contributed by atoms with Gasteiger partial charge in [-0.05, 0) is 43.4 Å². The molecule has 6 nitrogen and oxygen atoms in total. The van der Waals surface area contributed by atoms with Crippen LogP contribution in [0.15, 0.2) is 35.3 Å². The van der Waals surface area contributed by atoms with Crippen LogP contribution in [0.2, 0.25) is 0 Å². The van der Waals surface area contributed by atoms with E-state index < -0.39 is 0 Å². The maximum Gasteiger partial charge on any atom is 0.193 e. The first-order valence-corrected chi connectivity index (χ1v) is 10.7. The molecule has 1 spiro atoms. The van der Waals surface area contributed by atoms with Gasteiger partial charge >= 0.3 is 0 Å². The smallest absolute Gasteiger partial charge is 0.193 e. The number of likely N-dealkylation sites (tertiary alicyclic amines) is 1. The van der Waals surface area contributed by atoms with Crippen LogP contribution in [-0.4, -0.2) is 63.3 Å². The molecule has 0 amide bonds. The van der Waals surface area contributed by atoms with Crippen LogP contribution in [0.3, 0.4) is 0 Å². The van der Waals surface area contributed by atoms with Crippen LogP contribution >= 0.6 is 0 Å². The Labute approximate surface area is 174 Å². The number of hydrogen-bond acceptors (Lipinski definition) is 4. The summed E-state index contributed by atoms with van der Waals surface area (Å²) in [5, 5.41) is 4.82. The molecule has 1 unspecified atom stereocenters. The summed E-state index contributed by atoms with van der Waals surface area (Å²) >= 11 is 0. The Morgan fingerprint density at radius 2 is 2.10 bits per heavy atom. The Kier molecular flexibility index (Phi) is 5.90. The predicted octanol–water partition coefficient (Wildman–Crippen LogP) is 3.27. The molecule has 1 aromatic carbocycles. The minimum absolute atomic E-state index is 0.301. The van der Waals surface area contributed by atoms with E-state index in [2.05, 4.69) is 44.4 Å². The molecule has 2 fully saturated rings. The Morgan fingerprint density at radius 1 is 1.28 bits per heavy atom. The monoisotopic (exact) mass is 395 g/mol. The molecule has 29 heavy (non-hydrogen) atoms. The number of aromatic nitrogens is 1. The third-order valence-electron chi connectivity index (χ3n) is 6.26. The fourth-order valence-corrected chi connectivity index (χ4v) is 4.73. The van der Waals surface area contributed by atoms with Crippen molar-refractivity contribution in [3.05, 3.63) is 35.9 Å². The summed E-state index contributed by atoms with van der Waals surface area (Å²) in [5.74, 6) is 1.97. The Bertz CT molecular complexity index is 867. The lowest BCUT2D eigenvalue weighted by Crippen LogP contribution is -2.52. The van der Waals surface area contributed by atoms with Gasteiger partial charge in [0.25, 0.3) is 0 Å². The van der Waals surface area contributed by atoms with Crippen molar-refractivity contribution < 1.29 is 4.74 Å². The number of hydrogen-bond donors (Lipinski definition) is 1. The van der Waals surface area contributed by atoms with Crippen molar-refractivity contribution in [3.63, 3.8) is 0 Å². The normalized spacial score (nSPS) is 22.9. The SMILES string of the molecule is CN=C(NCc1cc(N(C)C)nc2ccccc12)N1CCCC2(CCCOC2)C1. The number of nitrogens with zero attached hydrogens (tertiary/aromatic N) is 4. The quantitative estimate of drug-likeness (QED) is 0.639. The highest BCUT2D eigenvalue weighted by atomic mass is 16.5. The first-order valence-electron chi connectivity index (χ1n) is 10.7. The molecule has 6 heteroatoms. The first kappa shape index (κ1) is 20.0. The molecule has 0 aliphatic carbocycles. The van der Waals surface area contributed by atoms with Crippen LogP contribution in [0.5, 0.6) is 0 Å². The second-order valence-electron chi connectivity index (χ2n) is 8.63. The van der Waals surface area contributed by atoms with Gasteiger partial charge in [-0.1, -0.05) is 18.2 Å². The van der Waals surface area contributed by atoms with Gasteiger partial charge in [0.05, 0.1) is 12.1 Å². The topological polar surface area (TPSA) is 53.0 Å². The van der Waals surface area contributed by atoms with Crippen LogP contribution in [-0.2, 0) is 11.3 Å². The zero-order valence-electron chi connectivity index (χ0n) is 17.9.